The first kappa shape index (κ1) is 15.3. The van der Waals surface area contributed by atoms with E-state index in [-0.39, 0.29) is 10.8 Å². The second-order valence-electron chi connectivity index (χ2n) is 3.99. The van der Waals surface area contributed by atoms with Crippen molar-refractivity contribution in [3.05, 3.63) is 52.8 Å². The quantitative estimate of drug-likeness (QED) is 0.920. The molecule has 1 aromatic carbocycles. The van der Waals surface area contributed by atoms with E-state index in [0.717, 1.165) is 12.1 Å². The molecule has 1 aromatic heterocycles. The van der Waals surface area contributed by atoms with Gasteiger partial charge in [-0.25, -0.2) is 27.6 Å². The number of carboxylic acid groups (broad SMARTS) is 1. The van der Waals surface area contributed by atoms with Gasteiger partial charge in [-0.15, -0.1) is 0 Å². The second-order valence-corrected chi connectivity index (χ2v) is 6.39. The minimum Gasteiger partial charge on any atom is -0.478 e. The summed E-state index contributed by atoms with van der Waals surface area (Å²) in [6, 6.07) is 3.21. The summed E-state index contributed by atoms with van der Waals surface area (Å²) in [4.78, 5) is 17.6. The highest BCUT2D eigenvalue weighted by molar-refractivity contribution is 7.90. The molecule has 0 saturated carbocycles. The lowest BCUT2D eigenvalue weighted by atomic mass is 10.2. The van der Waals surface area contributed by atoms with Crippen LogP contribution in [0.4, 0.5) is 4.39 Å². The summed E-state index contributed by atoms with van der Waals surface area (Å²) in [5.41, 5.74) is -0.810. The fourth-order valence-electron chi connectivity index (χ4n) is 1.60. The minimum atomic E-state index is -4.17. The molecule has 1 N–H and O–H groups in total. The minimum absolute atomic E-state index is 0.0336. The molecule has 2 aromatic rings. The molecule has 21 heavy (non-hydrogen) atoms. The lowest BCUT2D eigenvalue weighted by molar-refractivity contribution is 0.0691. The van der Waals surface area contributed by atoms with Crippen LogP contribution in [0.15, 0.2) is 35.5 Å². The van der Waals surface area contributed by atoms with Crippen LogP contribution in [0.25, 0.3) is 0 Å². The maximum atomic E-state index is 14.0. The summed E-state index contributed by atoms with van der Waals surface area (Å²) in [5.74, 6) is -3.66. The van der Waals surface area contributed by atoms with E-state index < -0.39 is 37.8 Å². The predicted octanol–water partition coefficient (Wildman–Crippen LogP) is 1.94. The molecule has 0 saturated heterocycles. The number of benzene rings is 1. The zero-order valence-corrected chi connectivity index (χ0v) is 11.9. The fourth-order valence-corrected chi connectivity index (χ4v) is 3.22. The Kier molecular flexibility index (Phi) is 4.19. The van der Waals surface area contributed by atoms with Gasteiger partial charge in [0, 0.05) is 17.4 Å². The van der Waals surface area contributed by atoms with Gasteiger partial charge in [-0.1, -0.05) is 11.6 Å². The molecule has 6 nitrogen and oxygen atoms in total. The number of sulfone groups is 1. The van der Waals surface area contributed by atoms with Crippen LogP contribution in [-0.2, 0) is 15.6 Å². The van der Waals surface area contributed by atoms with Crippen LogP contribution in [0.2, 0.25) is 5.02 Å². The molecular weight excluding hydrogens is 323 g/mol. The van der Waals surface area contributed by atoms with Gasteiger partial charge in [-0.3, -0.25) is 0 Å². The van der Waals surface area contributed by atoms with Crippen molar-refractivity contribution in [2.75, 3.05) is 0 Å². The highest BCUT2D eigenvalue weighted by Crippen LogP contribution is 2.26. The van der Waals surface area contributed by atoms with Crippen LogP contribution >= 0.6 is 11.6 Å². The zero-order valence-electron chi connectivity index (χ0n) is 10.3. The SMILES string of the molecule is O=C(O)c1cc(Cl)cc(S(=O)(=O)Cc2ncccn2)c1F. The van der Waals surface area contributed by atoms with E-state index in [4.69, 9.17) is 16.7 Å². The number of halogens is 2. The average molecular weight is 331 g/mol. The van der Waals surface area contributed by atoms with Gasteiger partial charge in [-0.05, 0) is 18.2 Å². The number of aromatic carboxylic acids is 1. The number of hydrogen-bond donors (Lipinski definition) is 1. The Morgan fingerprint density at radius 1 is 1.29 bits per heavy atom. The third kappa shape index (κ3) is 3.34. The Bertz CT molecular complexity index is 796. The molecule has 2 rings (SSSR count). The molecule has 0 unspecified atom stereocenters. The second kappa shape index (κ2) is 5.74. The number of nitrogens with zero attached hydrogens (tertiary/aromatic N) is 2. The Labute approximate surface area is 124 Å². The normalized spacial score (nSPS) is 11.3. The molecule has 0 bridgehead atoms. The predicted molar refractivity (Wildman–Crippen MR) is 71.3 cm³/mol. The van der Waals surface area contributed by atoms with Gasteiger partial charge in [-0.2, -0.15) is 0 Å². The zero-order chi connectivity index (χ0) is 15.6. The molecule has 110 valence electrons. The Balaban J connectivity index is 2.53. The molecule has 0 atom stereocenters. The highest BCUT2D eigenvalue weighted by atomic mass is 35.5. The van der Waals surface area contributed by atoms with Gasteiger partial charge in [0.15, 0.2) is 15.7 Å². The molecule has 9 heteroatoms. The molecule has 0 aliphatic rings. The van der Waals surface area contributed by atoms with E-state index in [1.165, 1.54) is 18.5 Å². The molecule has 0 aliphatic heterocycles. The van der Waals surface area contributed by atoms with Crippen molar-refractivity contribution in [1.82, 2.24) is 9.97 Å². The van der Waals surface area contributed by atoms with Crippen LogP contribution in [0.1, 0.15) is 16.2 Å². The summed E-state index contributed by atoms with van der Waals surface area (Å²) in [6.45, 7) is 0. The van der Waals surface area contributed by atoms with Crippen LogP contribution in [0.3, 0.4) is 0 Å². The van der Waals surface area contributed by atoms with E-state index in [1.807, 2.05) is 0 Å². The molecule has 0 radical (unpaired) electrons. The van der Waals surface area contributed by atoms with Crippen LogP contribution in [0.5, 0.6) is 0 Å². The van der Waals surface area contributed by atoms with Crippen molar-refractivity contribution >= 4 is 27.4 Å². The van der Waals surface area contributed by atoms with Crippen molar-refractivity contribution in [2.24, 2.45) is 0 Å². The molecule has 0 aliphatic carbocycles. The van der Waals surface area contributed by atoms with Crippen molar-refractivity contribution in [3.8, 4) is 0 Å². The van der Waals surface area contributed by atoms with Gasteiger partial charge in [0.05, 0.1) is 5.56 Å². The van der Waals surface area contributed by atoms with Crippen molar-refractivity contribution < 1.29 is 22.7 Å². The first-order chi connectivity index (χ1) is 9.81. The third-order valence-electron chi connectivity index (χ3n) is 2.51. The molecule has 0 fully saturated rings. The Morgan fingerprint density at radius 2 is 1.90 bits per heavy atom. The highest BCUT2D eigenvalue weighted by Gasteiger charge is 2.26. The lowest BCUT2D eigenvalue weighted by Gasteiger charge is -2.08. The van der Waals surface area contributed by atoms with E-state index in [0.29, 0.717) is 0 Å². The fraction of sp³-hybridized carbons (Fsp3) is 0.0833. The van der Waals surface area contributed by atoms with E-state index in [2.05, 4.69) is 9.97 Å². The lowest BCUT2D eigenvalue weighted by Crippen LogP contribution is -2.12. The van der Waals surface area contributed by atoms with E-state index in [9.17, 15) is 17.6 Å². The summed E-state index contributed by atoms with van der Waals surface area (Å²) >= 11 is 5.65. The number of aromatic nitrogens is 2. The maximum absolute atomic E-state index is 14.0. The summed E-state index contributed by atoms with van der Waals surface area (Å²) in [6.07, 6.45) is 2.68. The smallest absolute Gasteiger partial charge is 0.338 e. The van der Waals surface area contributed by atoms with Gasteiger partial charge < -0.3 is 5.11 Å². The summed E-state index contributed by atoms with van der Waals surface area (Å²) in [5, 5.41) is 8.66. The third-order valence-corrected chi connectivity index (χ3v) is 4.33. The first-order valence-corrected chi connectivity index (χ1v) is 7.55. The van der Waals surface area contributed by atoms with Gasteiger partial charge in [0.1, 0.15) is 16.5 Å². The number of carbonyl (C=O) groups is 1. The van der Waals surface area contributed by atoms with Crippen molar-refractivity contribution in [3.63, 3.8) is 0 Å². The molecule has 0 amide bonds. The van der Waals surface area contributed by atoms with Crippen molar-refractivity contribution in [2.45, 2.75) is 10.6 Å². The number of carboxylic acids is 1. The van der Waals surface area contributed by atoms with E-state index in [1.54, 1.807) is 0 Å². The Morgan fingerprint density at radius 3 is 2.48 bits per heavy atom. The summed E-state index contributed by atoms with van der Waals surface area (Å²) < 4.78 is 38.4. The van der Waals surface area contributed by atoms with Gasteiger partial charge >= 0.3 is 5.97 Å². The Hall–Kier alpha value is -2.06. The largest absolute Gasteiger partial charge is 0.478 e. The van der Waals surface area contributed by atoms with Crippen LogP contribution < -0.4 is 0 Å². The monoisotopic (exact) mass is 330 g/mol. The van der Waals surface area contributed by atoms with Gasteiger partial charge in [0.25, 0.3) is 0 Å². The van der Waals surface area contributed by atoms with Crippen molar-refractivity contribution in [1.29, 1.82) is 0 Å². The molecule has 0 spiro atoms. The number of hydrogen-bond acceptors (Lipinski definition) is 5. The van der Waals surface area contributed by atoms with E-state index >= 15 is 0 Å². The van der Waals surface area contributed by atoms with Gasteiger partial charge in [0.2, 0.25) is 0 Å². The molecule has 1 heterocycles. The molecular formula is C12H8ClFN2O4S. The standard InChI is InChI=1S/C12H8ClFN2O4S/c13-7-4-8(12(17)18)11(14)9(5-7)21(19,20)6-10-15-2-1-3-16-10/h1-5H,6H2,(H,17,18). The average Bonchev–Trinajstić information content (AvgIpc) is 2.41. The summed E-state index contributed by atoms with van der Waals surface area (Å²) in [7, 11) is -4.17. The maximum Gasteiger partial charge on any atom is 0.338 e. The topological polar surface area (TPSA) is 97.2 Å². The van der Waals surface area contributed by atoms with Crippen LogP contribution in [0, 0.1) is 5.82 Å². The number of rotatable bonds is 4. The van der Waals surface area contributed by atoms with Crippen LogP contribution in [-0.4, -0.2) is 29.5 Å². The first-order valence-electron chi connectivity index (χ1n) is 5.52.